The van der Waals surface area contributed by atoms with Gasteiger partial charge < -0.3 is 11.1 Å². The van der Waals surface area contributed by atoms with Crippen molar-refractivity contribution in [2.45, 2.75) is 32.1 Å². The molecule has 1 amide bonds. The maximum absolute atomic E-state index is 11.9. The Balaban J connectivity index is 2.36. The number of amides is 1. The van der Waals surface area contributed by atoms with Gasteiger partial charge in [0.15, 0.2) is 0 Å². The predicted octanol–water partition coefficient (Wildman–Crippen LogP) is 1.80. The average molecular weight is 281 g/mol. The first-order chi connectivity index (χ1) is 8.98. The van der Waals surface area contributed by atoms with Crippen LogP contribution in [0.15, 0.2) is 24.4 Å². The maximum atomic E-state index is 11.9. The smallest absolute Gasteiger partial charge is 0.230 e. The van der Waals surface area contributed by atoms with Crippen LogP contribution in [0.25, 0.3) is 0 Å². The molecular formula is C14H23N3OS. The van der Waals surface area contributed by atoms with E-state index in [0.29, 0.717) is 18.2 Å². The molecular weight excluding hydrogens is 258 g/mol. The van der Waals surface area contributed by atoms with Gasteiger partial charge in [-0.25, -0.2) is 0 Å². The number of pyridine rings is 1. The summed E-state index contributed by atoms with van der Waals surface area (Å²) in [5.74, 6) is 1.51. The van der Waals surface area contributed by atoms with Gasteiger partial charge in [-0.3, -0.25) is 9.78 Å². The number of nitrogens with one attached hydrogen (secondary N) is 1. The van der Waals surface area contributed by atoms with E-state index in [4.69, 9.17) is 5.73 Å². The summed E-state index contributed by atoms with van der Waals surface area (Å²) in [5, 5.41) is 3.02. The molecule has 1 aromatic heterocycles. The minimum Gasteiger partial charge on any atom is -0.349 e. The third-order valence-electron chi connectivity index (χ3n) is 3.33. The van der Waals surface area contributed by atoms with E-state index < -0.39 is 0 Å². The summed E-state index contributed by atoms with van der Waals surface area (Å²) < 4.78 is 0. The summed E-state index contributed by atoms with van der Waals surface area (Å²) in [6.07, 6.45) is 1.76. The average Bonchev–Trinajstić information content (AvgIpc) is 2.39. The lowest BCUT2D eigenvalue weighted by Gasteiger charge is -2.33. The topological polar surface area (TPSA) is 68.0 Å². The van der Waals surface area contributed by atoms with Crippen LogP contribution in [0, 0.1) is 5.92 Å². The fraction of sp³-hybridized carbons (Fsp3) is 0.571. The van der Waals surface area contributed by atoms with E-state index in [1.807, 2.05) is 25.1 Å². The van der Waals surface area contributed by atoms with Crippen LogP contribution in [-0.2, 0) is 10.5 Å². The zero-order chi connectivity index (χ0) is 14.3. The fourth-order valence-corrected chi connectivity index (χ4v) is 2.26. The molecule has 0 fully saturated rings. The summed E-state index contributed by atoms with van der Waals surface area (Å²) in [6.45, 7) is 6.56. The van der Waals surface area contributed by atoms with Crippen molar-refractivity contribution in [3.05, 3.63) is 30.1 Å². The van der Waals surface area contributed by atoms with Crippen LogP contribution in [0.2, 0.25) is 0 Å². The molecule has 1 aromatic rings. The quantitative estimate of drug-likeness (QED) is 0.800. The highest BCUT2D eigenvalue weighted by Crippen LogP contribution is 2.16. The zero-order valence-electron chi connectivity index (χ0n) is 11.8. The Morgan fingerprint density at radius 3 is 2.79 bits per heavy atom. The number of hydrogen-bond acceptors (Lipinski definition) is 4. The first-order valence-electron chi connectivity index (χ1n) is 6.46. The molecule has 4 nitrogen and oxygen atoms in total. The second-order valence-electron chi connectivity index (χ2n) is 5.14. The van der Waals surface area contributed by atoms with E-state index in [-0.39, 0.29) is 11.4 Å². The van der Waals surface area contributed by atoms with E-state index in [0.717, 1.165) is 11.4 Å². The molecule has 0 aromatic carbocycles. The number of nitrogens with two attached hydrogens (primary N) is 1. The fourth-order valence-electron chi connectivity index (χ4n) is 1.52. The van der Waals surface area contributed by atoms with Crippen LogP contribution in [0.1, 0.15) is 26.5 Å². The first kappa shape index (κ1) is 16.0. The van der Waals surface area contributed by atoms with Gasteiger partial charge in [0.25, 0.3) is 0 Å². The lowest BCUT2D eigenvalue weighted by atomic mass is 9.88. The molecule has 1 atom stereocenters. The van der Waals surface area contributed by atoms with Crippen molar-refractivity contribution in [3.63, 3.8) is 0 Å². The summed E-state index contributed by atoms with van der Waals surface area (Å²) in [4.78, 5) is 16.1. The molecule has 0 aliphatic rings. The second-order valence-corrected chi connectivity index (χ2v) is 6.12. The monoisotopic (exact) mass is 281 g/mol. The predicted molar refractivity (Wildman–Crippen MR) is 80.8 cm³/mol. The van der Waals surface area contributed by atoms with Crippen molar-refractivity contribution >= 4 is 17.7 Å². The van der Waals surface area contributed by atoms with Gasteiger partial charge >= 0.3 is 0 Å². The van der Waals surface area contributed by atoms with Gasteiger partial charge in [-0.15, -0.1) is 11.8 Å². The van der Waals surface area contributed by atoms with Gasteiger partial charge in [-0.05, 0) is 25.0 Å². The van der Waals surface area contributed by atoms with Crippen LogP contribution in [0.5, 0.6) is 0 Å². The highest BCUT2D eigenvalue weighted by Gasteiger charge is 2.28. The molecule has 106 valence electrons. The zero-order valence-corrected chi connectivity index (χ0v) is 12.7. The van der Waals surface area contributed by atoms with Crippen LogP contribution in [0.3, 0.4) is 0 Å². The number of rotatable bonds is 7. The van der Waals surface area contributed by atoms with Crippen molar-refractivity contribution in [1.82, 2.24) is 10.3 Å². The molecule has 0 bridgehead atoms. The minimum atomic E-state index is -0.331. The number of thioether (sulfide) groups is 1. The summed E-state index contributed by atoms with van der Waals surface area (Å²) >= 11 is 1.56. The second kappa shape index (κ2) is 7.50. The van der Waals surface area contributed by atoms with Crippen LogP contribution in [0.4, 0.5) is 0 Å². The SMILES string of the molecule is CC(C)C(C)(CN)NC(=O)CSCc1ccccn1. The summed E-state index contributed by atoms with van der Waals surface area (Å²) in [5.41, 5.74) is 6.41. The Kier molecular flexibility index (Phi) is 6.31. The molecule has 0 saturated heterocycles. The van der Waals surface area contributed by atoms with Crippen molar-refractivity contribution in [3.8, 4) is 0 Å². The largest absolute Gasteiger partial charge is 0.349 e. The maximum Gasteiger partial charge on any atom is 0.230 e. The van der Waals surface area contributed by atoms with E-state index in [1.165, 1.54) is 0 Å². The number of aromatic nitrogens is 1. The van der Waals surface area contributed by atoms with Crippen molar-refractivity contribution in [2.75, 3.05) is 12.3 Å². The highest BCUT2D eigenvalue weighted by molar-refractivity contribution is 7.99. The molecule has 19 heavy (non-hydrogen) atoms. The third kappa shape index (κ3) is 5.20. The number of nitrogens with zero attached hydrogens (tertiary/aromatic N) is 1. The number of carbonyl (C=O) groups is 1. The highest BCUT2D eigenvalue weighted by atomic mass is 32.2. The van der Waals surface area contributed by atoms with Gasteiger partial charge in [-0.1, -0.05) is 19.9 Å². The first-order valence-corrected chi connectivity index (χ1v) is 7.62. The summed E-state index contributed by atoms with van der Waals surface area (Å²) in [6, 6.07) is 5.80. The van der Waals surface area contributed by atoms with E-state index >= 15 is 0 Å². The van der Waals surface area contributed by atoms with E-state index in [2.05, 4.69) is 24.1 Å². The Hall–Kier alpha value is -1.07. The Labute approximate surface area is 119 Å². The standard InChI is InChI=1S/C14H23N3OS/c1-11(2)14(3,10-15)17-13(18)9-19-8-12-6-4-5-7-16-12/h4-7,11H,8-10,15H2,1-3H3,(H,17,18). The van der Waals surface area contributed by atoms with Crippen molar-refractivity contribution in [1.29, 1.82) is 0 Å². The molecule has 5 heteroatoms. The van der Waals surface area contributed by atoms with E-state index in [1.54, 1.807) is 18.0 Å². The Bertz CT molecular complexity index is 397. The van der Waals surface area contributed by atoms with Crippen molar-refractivity contribution < 1.29 is 4.79 Å². The minimum absolute atomic E-state index is 0.0302. The molecule has 0 saturated carbocycles. The van der Waals surface area contributed by atoms with Gasteiger partial charge in [0.05, 0.1) is 17.0 Å². The molecule has 0 spiro atoms. The molecule has 0 aliphatic carbocycles. The lowest BCUT2D eigenvalue weighted by Crippen LogP contribution is -2.55. The van der Waals surface area contributed by atoms with Crippen LogP contribution >= 0.6 is 11.8 Å². The van der Waals surface area contributed by atoms with E-state index in [9.17, 15) is 4.79 Å². The molecule has 0 aliphatic heterocycles. The molecule has 3 N–H and O–H groups in total. The van der Waals surface area contributed by atoms with Gasteiger partial charge in [0.1, 0.15) is 0 Å². The number of hydrogen-bond donors (Lipinski definition) is 2. The van der Waals surface area contributed by atoms with Crippen LogP contribution < -0.4 is 11.1 Å². The van der Waals surface area contributed by atoms with Crippen molar-refractivity contribution in [2.24, 2.45) is 11.7 Å². The molecule has 1 heterocycles. The van der Waals surface area contributed by atoms with Crippen LogP contribution in [-0.4, -0.2) is 28.7 Å². The van der Waals surface area contributed by atoms with Gasteiger partial charge in [-0.2, -0.15) is 0 Å². The lowest BCUT2D eigenvalue weighted by molar-refractivity contribution is -0.120. The van der Waals surface area contributed by atoms with Gasteiger partial charge in [0.2, 0.25) is 5.91 Å². The molecule has 1 unspecified atom stereocenters. The third-order valence-corrected chi connectivity index (χ3v) is 4.30. The normalized spacial score (nSPS) is 14.2. The molecule has 1 rings (SSSR count). The Morgan fingerprint density at radius 2 is 2.26 bits per heavy atom. The molecule has 0 radical (unpaired) electrons. The Morgan fingerprint density at radius 1 is 1.53 bits per heavy atom. The summed E-state index contributed by atoms with van der Waals surface area (Å²) in [7, 11) is 0. The number of carbonyl (C=O) groups excluding carboxylic acids is 1. The van der Waals surface area contributed by atoms with Gasteiger partial charge in [0, 0.05) is 18.5 Å².